The minimum Gasteiger partial charge on any atom is -0.361 e. The second-order valence-electron chi connectivity index (χ2n) is 6.36. The molecule has 2 heteroatoms. The molecule has 1 fully saturated rings. The number of hydrogen-bond acceptors (Lipinski definition) is 1. The van der Waals surface area contributed by atoms with Gasteiger partial charge in [-0.15, -0.1) is 0 Å². The molecular weight excluding hydrogens is 268 g/mol. The van der Waals surface area contributed by atoms with Crippen LogP contribution < -0.4 is 5.32 Å². The van der Waals surface area contributed by atoms with Gasteiger partial charge in [0.05, 0.1) is 0 Å². The zero-order chi connectivity index (χ0) is 14.8. The Bertz CT molecular complexity index is 745. The van der Waals surface area contributed by atoms with Gasteiger partial charge in [0.25, 0.3) is 0 Å². The fraction of sp³-hybridized carbons (Fsp3) is 0.300. The number of para-hydroxylation sites is 1. The molecule has 0 radical (unpaired) electrons. The summed E-state index contributed by atoms with van der Waals surface area (Å²) >= 11 is 0. The van der Waals surface area contributed by atoms with Crippen LogP contribution in [-0.2, 0) is 6.54 Å². The highest BCUT2D eigenvalue weighted by molar-refractivity contribution is 5.83. The van der Waals surface area contributed by atoms with Crippen molar-refractivity contribution >= 4 is 10.9 Å². The van der Waals surface area contributed by atoms with Crippen LogP contribution in [0.15, 0.2) is 60.8 Å². The van der Waals surface area contributed by atoms with E-state index in [1.54, 1.807) is 0 Å². The number of rotatable bonds is 4. The summed E-state index contributed by atoms with van der Waals surface area (Å²) < 4.78 is 0. The molecule has 1 aromatic heterocycles. The molecule has 1 heterocycles. The van der Waals surface area contributed by atoms with Crippen molar-refractivity contribution in [2.24, 2.45) is 0 Å². The summed E-state index contributed by atoms with van der Waals surface area (Å²) in [6.07, 6.45) is 6.02. The Morgan fingerprint density at radius 2 is 1.77 bits per heavy atom. The Kier molecular flexibility index (Phi) is 3.69. The third kappa shape index (κ3) is 2.67. The lowest BCUT2D eigenvalue weighted by Crippen LogP contribution is -2.25. The van der Waals surface area contributed by atoms with Gasteiger partial charge in [0.15, 0.2) is 0 Å². The maximum absolute atomic E-state index is 3.73. The molecule has 2 unspecified atom stereocenters. The molecule has 0 aliphatic heterocycles. The smallest absolute Gasteiger partial charge is 0.0456 e. The van der Waals surface area contributed by atoms with Crippen LogP contribution >= 0.6 is 0 Å². The topological polar surface area (TPSA) is 27.8 Å². The molecule has 0 saturated heterocycles. The number of fused-ring (bicyclic) bond motifs is 1. The lowest BCUT2D eigenvalue weighted by Gasteiger charge is -2.13. The molecule has 4 rings (SSSR count). The van der Waals surface area contributed by atoms with Crippen molar-refractivity contribution in [2.75, 3.05) is 0 Å². The summed E-state index contributed by atoms with van der Waals surface area (Å²) in [5.74, 6) is 0.685. The zero-order valence-electron chi connectivity index (χ0n) is 12.8. The van der Waals surface area contributed by atoms with Gasteiger partial charge in [-0.2, -0.15) is 0 Å². The summed E-state index contributed by atoms with van der Waals surface area (Å²) in [4.78, 5) is 3.42. The van der Waals surface area contributed by atoms with Gasteiger partial charge in [-0.25, -0.2) is 0 Å². The molecule has 2 nitrogen and oxygen atoms in total. The molecule has 112 valence electrons. The van der Waals surface area contributed by atoms with E-state index in [4.69, 9.17) is 0 Å². The fourth-order valence-electron chi connectivity index (χ4n) is 3.74. The van der Waals surface area contributed by atoms with E-state index < -0.39 is 0 Å². The zero-order valence-corrected chi connectivity index (χ0v) is 12.8. The molecule has 0 amide bonds. The SMILES string of the molecule is c1ccc(CNC2CCC(c3c[nH]c4ccccc34)C2)cc1. The Labute approximate surface area is 131 Å². The first kappa shape index (κ1) is 13.6. The molecule has 2 aromatic carbocycles. The van der Waals surface area contributed by atoms with Crippen molar-refractivity contribution in [1.29, 1.82) is 0 Å². The van der Waals surface area contributed by atoms with E-state index in [0.717, 1.165) is 6.54 Å². The highest BCUT2D eigenvalue weighted by Gasteiger charge is 2.27. The van der Waals surface area contributed by atoms with Crippen LogP contribution in [0.2, 0.25) is 0 Å². The first-order chi connectivity index (χ1) is 10.9. The van der Waals surface area contributed by atoms with Crippen molar-refractivity contribution in [1.82, 2.24) is 10.3 Å². The standard InChI is InChI=1S/C20H22N2/c1-2-6-15(7-3-1)13-21-17-11-10-16(12-17)19-14-22-20-9-5-4-8-18(19)20/h1-9,14,16-17,21-22H,10-13H2. The highest BCUT2D eigenvalue weighted by atomic mass is 14.9. The van der Waals surface area contributed by atoms with E-state index >= 15 is 0 Å². The lowest BCUT2D eigenvalue weighted by atomic mass is 9.97. The minimum absolute atomic E-state index is 0.638. The van der Waals surface area contributed by atoms with Crippen LogP contribution in [0.5, 0.6) is 0 Å². The van der Waals surface area contributed by atoms with Gasteiger partial charge >= 0.3 is 0 Å². The van der Waals surface area contributed by atoms with Gasteiger partial charge in [-0.05, 0) is 42.4 Å². The molecule has 2 N–H and O–H groups in total. The molecule has 3 aromatic rings. The maximum Gasteiger partial charge on any atom is 0.0456 e. The maximum atomic E-state index is 3.73. The average Bonchev–Trinajstić information content (AvgIpc) is 3.20. The first-order valence-corrected chi connectivity index (χ1v) is 8.23. The number of hydrogen-bond donors (Lipinski definition) is 2. The molecule has 1 saturated carbocycles. The summed E-state index contributed by atoms with van der Waals surface area (Å²) in [5.41, 5.74) is 4.14. The first-order valence-electron chi connectivity index (χ1n) is 8.23. The summed E-state index contributed by atoms with van der Waals surface area (Å²) in [6, 6.07) is 20.0. The second kappa shape index (κ2) is 5.98. The minimum atomic E-state index is 0.638. The third-order valence-electron chi connectivity index (χ3n) is 4.93. The van der Waals surface area contributed by atoms with Crippen LogP contribution in [-0.4, -0.2) is 11.0 Å². The molecular formula is C20H22N2. The molecule has 0 bridgehead atoms. The number of H-pyrrole nitrogens is 1. The third-order valence-corrected chi connectivity index (χ3v) is 4.93. The Balaban J connectivity index is 1.42. The van der Waals surface area contributed by atoms with Crippen molar-refractivity contribution in [2.45, 2.75) is 37.8 Å². The fourth-order valence-corrected chi connectivity index (χ4v) is 3.74. The van der Waals surface area contributed by atoms with E-state index in [-0.39, 0.29) is 0 Å². The normalized spacial score (nSPS) is 21.5. The van der Waals surface area contributed by atoms with Crippen LogP contribution in [0, 0.1) is 0 Å². The van der Waals surface area contributed by atoms with E-state index in [9.17, 15) is 0 Å². The van der Waals surface area contributed by atoms with Crippen molar-refractivity contribution in [3.05, 3.63) is 71.9 Å². The molecule has 2 atom stereocenters. The predicted octanol–water partition coefficient (Wildman–Crippen LogP) is 4.59. The Hall–Kier alpha value is -2.06. The number of aromatic amines is 1. The van der Waals surface area contributed by atoms with E-state index in [1.807, 2.05) is 0 Å². The molecule has 1 aliphatic carbocycles. The molecule has 0 spiro atoms. The van der Waals surface area contributed by atoms with Gasteiger partial charge in [-0.3, -0.25) is 0 Å². The van der Waals surface area contributed by atoms with Crippen LogP contribution in [0.25, 0.3) is 10.9 Å². The lowest BCUT2D eigenvalue weighted by molar-refractivity contribution is 0.518. The number of nitrogens with one attached hydrogen (secondary N) is 2. The molecule has 1 aliphatic rings. The van der Waals surface area contributed by atoms with Gasteiger partial charge in [0.1, 0.15) is 0 Å². The monoisotopic (exact) mass is 290 g/mol. The van der Waals surface area contributed by atoms with E-state index in [0.29, 0.717) is 12.0 Å². The van der Waals surface area contributed by atoms with Gasteiger partial charge in [-0.1, -0.05) is 48.5 Å². The molecule has 22 heavy (non-hydrogen) atoms. The quantitative estimate of drug-likeness (QED) is 0.722. The van der Waals surface area contributed by atoms with Gasteiger partial charge < -0.3 is 10.3 Å². The summed E-state index contributed by atoms with van der Waals surface area (Å²) in [6.45, 7) is 0.978. The Morgan fingerprint density at radius 3 is 2.68 bits per heavy atom. The second-order valence-corrected chi connectivity index (χ2v) is 6.36. The summed E-state index contributed by atoms with van der Waals surface area (Å²) in [5, 5.41) is 5.13. The number of benzene rings is 2. The predicted molar refractivity (Wildman–Crippen MR) is 92.0 cm³/mol. The van der Waals surface area contributed by atoms with E-state index in [2.05, 4.69) is 71.1 Å². The van der Waals surface area contributed by atoms with Crippen LogP contribution in [0.4, 0.5) is 0 Å². The Morgan fingerprint density at radius 1 is 0.955 bits per heavy atom. The van der Waals surface area contributed by atoms with Crippen LogP contribution in [0.3, 0.4) is 0 Å². The van der Waals surface area contributed by atoms with Crippen LogP contribution in [0.1, 0.15) is 36.3 Å². The van der Waals surface area contributed by atoms with Gasteiger partial charge in [0.2, 0.25) is 0 Å². The van der Waals surface area contributed by atoms with Crippen molar-refractivity contribution in [3.8, 4) is 0 Å². The van der Waals surface area contributed by atoms with Gasteiger partial charge in [0, 0.05) is 29.7 Å². The number of aromatic nitrogens is 1. The largest absolute Gasteiger partial charge is 0.361 e. The van der Waals surface area contributed by atoms with Crippen molar-refractivity contribution in [3.63, 3.8) is 0 Å². The van der Waals surface area contributed by atoms with E-state index in [1.165, 1.54) is 41.3 Å². The highest BCUT2D eigenvalue weighted by Crippen LogP contribution is 2.37. The summed E-state index contributed by atoms with van der Waals surface area (Å²) in [7, 11) is 0. The van der Waals surface area contributed by atoms with Crippen molar-refractivity contribution < 1.29 is 0 Å². The average molecular weight is 290 g/mol.